The van der Waals surface area contributed by atoms with Gasteiger partial charge >= 0.3 is 0 Å². The van der Waals surface area contributed by atoms with Crippen LogP contribution >= 0.6 is 11.6 Å². The first-order valence-corrected chi connectivity index (χ1v) is 7.32. The highest BCUT2D eigenvalue weighted by molar-refractivity contribution is 6.30. The summed E-state index contributed by atoms with van der Waals surface area (Å²) in [5.41, 5.74) is 2.08. The summed E-state index contributed by atoms with van der Waals surface area (Å²) in [4.78, 5) is 0. The largest absolute Gasteiger partial charge is 0.310 e. The highest BCUT2D eigenvalue weighted by atomic mass is 35.5. The summed E-state index contributed by atoms with van der Waals surface area (Å²) >= 11 is 5.89. The lowest BCUT2D eigenvalue weighted by Crippen LogP contribution is -2.39. The highest BCUT2D eigenvalue weighted by Gasteiger charge is 2.29. The maximum Gasteiger partial charge on any atom is 0.127 e. The van der Waals surface area contributed by atoms with Crippen LogP contribution in [0.5, 0.6) is 0 Å². The Labute approximate surface area is 123 Å². The van der Waals surface area contributed by atoms with Crippen LogP contribution in [0.1, 0.15) is 29.9 Å². The van der Waals surface area contributed by atoms with Crippen LogP contribution in [-0.4, -0.2) is 6.04 Å². The summed E-state index contributed by atoms with van der Waals surface area (Å²) in [5, 5.41) is 4.20. The Morgan fingerprint density at radius 1 is 1.05 bits per heavy atom. The van der Waals surface area contributed by atoms with E-state index in [1.54, 1.807) is 6.07 Å². The lowest BCUT2D eigenvalue weighted by molar-refractivity contribution is 0.288. The first-order chi connectivity index (χ1) is 9.72. The topological polar surface area (TPSA) is 12.0 Å². The fraction of sp³-hybridized carbons (Fsp3) is 0.294. The van der Waals surface area contributed by atoms with E-state index in [1.807, 2.05) is 24.3 Å². The zero-order chi connectivity index (χ0) is 13.9. The van der Waals surface area contributed by atoms with E-state index in [4.69, 9.17) is 11.6 Å². The molecule has 1 N–H and O–H groups in total. The molecular weight excluding hydrogens is 273 g/mol. The number of hydrogen-bond donors (Lipinski definition) is 1. The number of hydrogen-bond acceptors (Lipinski definition) is 1. The first-order valence-electron chi connectivity index (χ1n) is 6.94. The Hall–Kier alpha value is -1.38. The molecule has 1 aliphatic carbocycles. The van der Waals surface area contributed by atoms with Gasteiger partial charge in [0.05, 0.1) is 0 Å². The highest BCUT2D eigenvalue weighted by Crippen LogP contribution is 2.37. The molecule has 1 aliphatic rings. The van der Waals surface area contributed by atoms with Crippen molar-refractivity contribution >= 4 is 11.6 Å². The third-order valence-corrected chi connectivity index (χ3v) is 4.27. The molecule has 2 aromatic carbocycles. The van der Waals surface area contributed by atoms with Crippen LogP contribution in [0.3, 0.4) is 0 Å². The average Bonchev–Trinajstić information content (AvgIpc) is 2.41. The van der Waals surface area contributed by atoms with Crippen molar-refractivity contribution in [1.29, 1.82) is 0 Å². The molecule has 3 heteroatoms. The molecule has 0 aliphatic heterocycles. The van der Waals surface area contributed by atoms with E-state index >= 15 is 0 Å². The Kier molecular flexibility index (Phi) is 4.04. The standard InChI is InChI=1S/C17H17ClFN/c18-15-7-5-12(6-8-15)14-9-16(10-14)20-11-13-3-1-2-4-17(13)19/h1-8,14,16,20H,9-11H2. The van der Waals surface area contributed by atoms with Gasteiger partial charge in [0.25, 0.3) is 0 Å². The maximum absolute atomic E-state index is 13.5. The van der Waals surface area contributed by atoms with E-state index in [2.05, 4.69) is 17.4 Å². The molecule has 0 amide bonds. The minimum Gasteiger partial charge on any atom is -0.310 e. The van der Waals surface area contributed by atoms with Crippen LogP contribution in [0.4, 0.5) is 4.39 Å². The monoisotopic (exact) mass is 289 g/mol. The quantitative estimate of drug-likeness (QED) is 0.873. The van der Waals surface area contributed by atoms with Crippen molar-refractivity contribution in [3.63, 3.8) is 0 Å². The van der Waals surface area contributed by atoms with Crippen molar-refractivity contribution in [2.45, 2.75) is 31.3 Å². The molecule has 0 heterocycles. The van der Waals surface area contributed by atoms with Crippen molar-refractivity contribution in [3.05, 3.63) is 70.5 Å². The van der Waals surface area contributed by atoms with Crippen molar-refractivity contribution in [2.24, 2.45) is 0 Å². The summed E-state index contributed by atoms with van der Waals surface area (Å²) in [6, 6.07) is 15.5. The van der Waals surface area contributed by atoms with Gasteiger partial charge in [-0.1, -0.05) is 41.9 Å². The molecule has 1 fully saturated rings. The Balaban J connectivity index is 1.49. The van der Waals surface area contributed by atoms with Crippen molar-refractivity contribution in [2.75, 3.05) is 0 Å². The van der Waals surface area contributed by atoms with Gasteiger partial charge in [0.2, 0.25) is 0 Å². The van der Waals surface area contributed by atoms with Crippen molar-refractivity contribution in [3.8, 4) is 0 Å². The van der Waals surface area contributed by atoms with Gasteiger partial charge in [-0.3, -0.25) is 0 Å². The molecule has 0 bridgehead atoms. The van der Waals surface area contributed by atoms with Crippen molar-refractivity contribution in [1.82, 2.24) is 5.32 Å². The summed E-state index contributed by atoms with van der Waals surface area (Å²) in [6.45, 7) is 0.602. The summed E-state index contributed by atoms with van der Waals surface area (Å²) in [7, 11) is 0. The number of halogens is 2. The van der Waals surface area contributed by atoms with Gasteiger partial charge in [-0.2, -0.15) is 0 Å². The fourth-order valence-corrected chi connectivity index (χ4v) is 2.81. The lowest BCUT2D eigenvalue weighted by atomic mass is 9.76. The molecule has 2 aromatic rings. The normalized spacial score (nSPS) is 21.5. The molecular formula is C17H17ClFN. The van der Waals surface area contributed by atoms with Gasteiger partial charge in [0, 0.05) is 23.2 Å². The molecule has 20 heavy (non-hydrogen) atoms. The zero-order valence-corrected chi connectivity index (χ0v) is 11.9. The van der Waals surface area contributed by atoms with Crippen molar-refractivity contribution < 1.29 is 4.39 Å². The molecule has 0 spiro atoms. The molecule has 0 aromatic heterocycles. The Bertz CT molecular complexity index is 576. The third-order valence-electron chi connectivity index (χ3n) is 4.02. The van der Waals surface area contributed by atoms with Gasteiger partial charge in [-0.15, -0.1) is 0 Å². The Morgan fingerprint density at radius 3 is 2.45 bits per heavy atom. The second-order valence-corrected chi connectivity index (χ2v) is 5.83. The van der Waals surface area contributed by atoms with E-state index in [0.717, 1.165) is 23.4 Å². The van der Waals surface area contributed by atoms with E-state index in [9.17, 15) is 4.39 Å². The SMILES string of the molecule is Fc1ccccc1CNC1CC(c2ccc(Cl)cc2)C1. The summed E-state index contributed by atoms with van der Waals surface area (Å²) in [5.74, 6) is 0.471. The first kappa shape index (κ1) is 13.6. The van der Waals surface area contributed by atoms with Gasteiger partial charge < -0.3 is 5.32 Å². The van der Waals surface area contributed by atoms with E-state index in [1.165, 1.54) is 11.6 Å². The second kappa shape index (κ2) is 5.94. The van der Waals surface area contributed by atoms with Crippen LogP contribution in [0.25, 0.3) is 0 Å². The summed E-state index contributed by atoms with van der Waals surface area (Å²) < 4.78 is 13.5. The van der Waals surface area contributed by atoms with E-state index in [-0.39, 0.29) is 5.82 Å². The summed E-state index contributed by atoms with van der Waals surface area (Å²) in [6.07, 6.45) is 2.21. The third kappa shape index (κ3) is 3.02. The maximum atomic E-state index is 13.5. The predicted octanol–water partition coefficient (Wildman–Crippen LogP) is 4.51. The number of benzene rings is 2. The predicted molar refractivity (Wildman–Crippen MR) is 80.5 cm³/mol. The van der Waals surface area contributed by atoms with Crippen LogP contribution in [0.2, 0.25) is 5.02 Å². The van der Waals surface area contributed by atoms with Crippen LogP contribution in [0.15, 0.2) is 48.5 Å². The number of nitrogens with one attached hydrogen (secondary N) is 1. The zero-order valence-electron chi connectivity index (χ0n) is 11.2. The molecule has 1 nitrogen and oxygen atoms in total. The molecule has 1 saturated carbocycles. The molecule has 104 valence electrons. The van der Waals surface area contributed by atoms with Gasteiger partial charge in [0.15, 0.2) is 0 Å². The Morgan fingerprint density at radius 2 is 1.75 bits per heavy atom. The van der Waals surface area contributed by atoms with E-state index < -0.39 is 0 Å². The second-order valence-electron chi connectivity index (χ2n) is 5.39. The van der Waals surface area contributed by atoms with Crippen LogP contribution in [0, 0.1) is 5.82 Å². The van der Waals surface area contributed by atoms with Crippen LogP contribution < -0.4 is 5.32 Å². The smallest absolute Gasteiger partial charge is 0.127 e. The van der Waals surface area contributed by atoms with Crippen LogP contribution in [-0.2, 0) is 6.54 Å². The van der Waals surface area contributed by atoms with Gasteiger partial charge in [0.1, 0.15) is 5.82 Å². The number of rotatable bonds is 4. The van der Waals surface area contributed by atoms with E-state index in [0.29, 0.717) is 18.5 Å². The van der Waals surface area contributed by atoms with Gasteiger partial charge in [-0.05, 0) is 42.5 Å². The minimum absolute atomic E-state index is 0.131. The molecule has 0 atom stereocenters. The molecule has 3 rings (SSSR count). The average molecular weight is 290 g/mol. The fourth-order valence-electron chi connectivity index (χ4n) is 2.69. The van der Waals surface area contributed by atoms with Gasteiger partial charge in [-0.25, -0.2) is 4.39 Å². The minimum atomic E-state index is -0.131. The molecule has 0 saturated heterocycles. The molecule has 0 unspecified atom stereocenters. The lowest BCUT2D eigenvalue weighted by Gasteiger charge is -2.36. The molecule has 0 radical (unpaired) electrons.